The van der Waals surface area contributed by atoms with Crippen LogP contribution in [0.2, 0.25) is 0 Å². The molecule has 0 aromatic heterocycles. The van der Waals surface area contributed by atoms with E-state index >= 15 is 0 Å². The Balaban J connectivity index is 1.51. The van der Waals surface area contributed by atoms with E-state index in [1.54, 1.807) is 0 Å². The molecule has 1 N–H and O–H groups in total. The van der Waals surface area contributed by atoms with Gasteiger partial charge in [-0.1, -0.05) is 27.2 Å². The Morgan fingerprint density at radius 3 is 2.64 bits per heavy atom. The largest absolute Gasteiger partial charge is 0.432 e. The van der Waals surface area contributed by atoms with Crippen molar-refractivity contribution in [2.45, 2.75) is 89.3 Å². The van der Waals surface area contributed by atoms with Gasteiger partial charge in [0.1, 0.15) is 0 Å². The zero-order valence-electron chi connectivity index (χ0n) is 15.5. The normalized spacial score (nSPS) is 56.4. The summed E-state index contributed by atoms with van der Waals surface area (Å²) in [6.07, 6.45) is 5.56. The van der Waals surface area contributed by atoms with E-state index in [9.17, 15) is 9.90 Å². The molecular weight excluding hydrogens is 320 g/mol. The van der Waals surface area contributed by atoms with E-state index in [1.165, 1.54) is 25.7 Å². The number of rotatable bonds is 0. The molecule has 2 bridgehead atoms. The summed E-state index contributed by atoms with van der Waals surface area (Å²) in [5.74, 6) is 0.755. The lowest BCUT2D eigenvalue weighted by atomic mass is 9.45. The highest BCUT2D eigenvalue weighted by Gasteiger charge is 2.71. The third kappa shape index (κ3) is 1.93. The molecule has 0 radical (unpaired) electrons. The van der Waals surface area contributed by atoms with Crippen molar-refractivity contribution in [1.82, 2.24) is 0 Å². The standard InChI is InChI=1S/C20H30O5/c1-17(2)6-4-7-18(3)12(17)5-8-19-11-23-20(10-15(21)24-16(20)22)14(25-19)9-13(18)19/h12-14,16,22H,4-11H2,1-3H3. The van der Waals surface area contributed by atoms with E-state index in [0.29, 0.717) is 23.9 Å². The first-order chi connectivity index (χ1) is 11.7. The first kappa shape index (κ1) is 16.5. The Labute approximate surface area is 149 Å². The maximum absolute atomic E-state index is 11.8. The number of aliphatic hydroxyl groups excluding tert-OH is 1. The van der Waals surface area contributed by atoms with Crippen LogP contribution in [-0.4, -0.2) is 41.3 Å². The van der Waals surface area contributed by atoms with Crippen LogP contribution in [0.4, 0.5) is 0 Å². The van der Waals surface area contributed by atoms with Crippen LogP contribution in [0.1, 0.15) is 65.7 Å². The fraction of sp³-hybridized carbons (Fsp3) is 0.950. The molecule has 7 unspecified atom stereocenters. The molecule has 5 rings (SSSR count). The molecule has 2 spiro atoms. The van der Waals surface area contributed by atoms with E-state index < -0.39 is 11.9 Å². The topological polar surface area (TPSA) is 65.0 Å². The summed E-state index contributed by atoms with van der Waals surface area (Å²) >= 11 is 0. The molecule has 7 atom stereocenters. The smallest absolute Gasteiger partial charge is 0.311 e. The summed E-state index contributed by atoms with van der Waals surface area (Å²) in [4.78, 5) is 11.8. The first-order valence-electron chi connectivity index (χ1n) is 9.91. The maximum Gasteiger partial charge on any atom is 0.311 e. The van der Waals surface area contributed by atoms with Gasteiger partial charge in [-0.15, -0.1) is 0 Å². The lowest BCUT2D eigenvalue weighted by Crippen LogP contribution is -2.62. The number of cyclic esters (lactones) is 1. The first-order valence-corrected chi connectivity index (χ1v) is 9.91. The van der Waals surface area contributed by atoms with Crippen LogP contribution in [-0.2, 0) is 19.0 Å². The van der Waals surface area contributed by atoms with Crippen molar-refractivity contribution in [2.75, 3.05) is 6.61 Å². The molecule has 2 aliphatic carbocycles. The second-order valence-electron chi connectivity index (χ2n) is 10.2. The highest BCUT2D eigenvalue weighted by Crippen LogP contribution is 2.68. The average Bonchev–Trinajstić information content (AvgIpc) is 3.00. The Kier molecular flexibility index (Phi) is 3.16. The average molecular weight is 350 g/mol. The van der Waals surface area contributed by atoms with Crippen molar-refractivity contribution in [3.8, 4) is 0 Å². The van der Waals surface area contributed by atoms with Gasteiger partial charge in [0.25, 0.3) is 0 Å². The lowest BCUT2D eigenvalue weighted by molar-refractivity contribution is -0.304. The summed E-state index contributed by atoms with van der Waals surface area (Å²) < 4.78 is 17.9. The lowest BCUT2D eigenvalue weighted by Gasteiger charge is -2.61. The van der Waals surface area contributed by atoms with Gasteiger partial charge in [-0.2, -0.15) is 0 Å². The number of carbonyl (C=O) groups is 1. The number of aliphatic hydroxyl groups is 1. The van der Waals surface area contributed by atoms with E-state index in [0.717, 1.165) is 12.8 Å². The molecule has 2 saturated carbocycles. The van der Waals surface area contributed by atoms with Crippen molar-refractivity contribution in [3.63, 3.8) is 0 Å². The van der Waals surface area contributed by atoms with E-state index in [1.807, 2.05) is 0 Å². The van der Waals surface area contributed by atoms with Gasteiger partial charge in [-0.25, -0.2) is 0 Å². The predicted octanol–water partition coefficient (Wildman–Crippen LogP) is 2.79. The van der Waals surface area contributed by atoms with Gasteiger partial charge in [0.2, 0.25) is 6.29 Å². The molecular formula is C20H30O5. The summed E-state index contributed by atoms with van der Waals surface area (Å²) in [6.45, 7) is 7.80. The molecule has 0 aromatic rings. The molecule has 3 heterocycles. The van der Waals surface area contributed by atoms with Gasteiger partial charge in [0, 0.05) is 0 Å². The van der Waals surface area contributed by atoms with Gasteiger partial charge in [0.05, 0.1) is 24.7 Å². The Morgan fingerprint density at radius 2 is 1.92 bits per heavy atom. The van der Waals surface area contributed by atoms with Crippen LogP contribution < -0.4 is 0 Å². The van der Waals surface area contributed by atoms with Crippen LogP contribution in [0.3, 0.4) is 0 Å². The summed E-state index contributed by atoms with van der Waals surface area (Å²) in [7, 11) is 0. The third-order valence-corrected chi connectivity index (χ3v) is 8.60. The van der Waals surface area contributed by atoms with Gasteiger partial charge in [-0.05, 0) is 54.8 Å². The summed E-state index contributed by atoms with van der Waals surface area (Å²) in [5, 5.41) is 10.4. The quantitative estimate of drug-likeness (QED) is 0.681. The van der Waals surface area contributed by atoms with Gasteiger partial charge in [-0.3, -0.25) is 4.79 Å². The van der Waals surface area contributed by atoms with Crippen molar-refractivity contribution < 1.29 is 24.1 Å². The Bertz CT molecular complexity index is 617. The molecule has 3 saturated heterocycles. The molecule has 5 aliphatic rings. The van der Waals surface area contributed by atoms with Gasteiger partial charge in [0.15, 0.2) is 5.60 Å². The zero-order chi connectivity index (χ0) is 17.7. The van der Waals surface area contributed by atoms with Crippen molar-refractivity contribution in [3.05, 3.63) is 0 Å². The van der Waals surface area contributed by atoms with Crippen LogP contribution in [0.15, 0.2) is 0 Å². The number of esters is 1. The second kappa shape index (κ2) is 4.79. The number of fused-ring (bicyclic) bond motifs is 4. The molecule has 5 nitrogen and oxygen atoms in total. The SMILES string of the molecule is CC1(C)CCCC2(C)C1CCC13COC4(CC(=O)OC4O)C(CC12)O3. The molecule has 0 amide bonds. The minimum absolute atomic E-state index is 0.104. The van der Waals surface area contributed by atoms with Crippen LogP contribution in [0, 0.1) is 22.7 Å². The van der Waals surface area contributed by atoms with E-state index in [2.05, 4.69) is 20.8 Å². The molecule has 140 valence electrons. The number of ether oxygens (including phenoxy) is 3. The highest BCUT2D eigenvalue weighted by molar-refractivity contribution is 5.73. The molecule has 5 fully saturated rings. The highest BCUT2D eigenvalue weighted by atomic mass is 16.7. The number of hydrogen-bond donors (Lipinski definition) is 1. The molecule has 3 aliphatic heterocycles. The second-order valence-corrected chi connectivity index (χ2v) is 10.2. The van der Waals surface area contributed by atoms with Crippen LogP contribution in [0.25, 0.3) is 0 Å². The minimum atomic E-state index is -1.20. The Hall–Kier alpha value is -0.650. The summed E-state index contributed by atoms with van der Waals surface area (Å²) in [5.41, 5.74) is -0.608. The summed E-state index contributed by atoms with van der Waals surface area (Å²) in [6, 6.07) is 0. The van der Waals surface area contributed by atoms with Gasteiger partial charge >= 0.3 is 5.97 Å². The van der Waals surface area contributed by atoms with Gasteiger partial charge < -0.3 is 19.3 Å². The fourth-order valence-electron chi connectivity index (χ4n) is 7.47. The van der Waals surface area contributed by atoms with Crippen molar-refractivity contribution in [1.29, 1.82) is 0 Å². The van der Waals surface area contributed by atoms with E-state index in [4.69, 9.17) is 14.2 Å². The molecule has 5 heteroatoms. The number of carbonyl (C=O) groups excluding carboxylic acids is 1. The fourth-order valence-corrected chi connectivity index (χ4v) is 7.47. The monoisotopic (exact) mass is 350 g/mol. The Morgan fingerprint density at radius 1 is 1.12 bits per heavy atom. The van der Waals surface area contributed by atoms with Crippen molar-refractivity contribution in [2.24, 2.45) is 22.7 Å². The van der Waals surface area contributed by atoms with E-state index in [-0.39, 0.29) is 29.5 Å². The zero-order valence-corrected chi connectivity index (χ0v) is 15.5. The number of hydrogen-bond acceptors (Lipinski definition) is 5. The maximum atomic E-state index is 11.8. The van der Waals surface area contributed by atoms with Crippen LogP contribution in [0.5, 0.6) is 0 Å². The van der Waals surface area contributed by atoms with Crippen molar-refractivity contribution >= 4 is 5.97 Å². The third-order valence-electron chi connectivity index (χ3n) is 8.60. The molecule has 25 heavy (non-hydrogen) atoms. The minimum Gasteiger partial charge on any atom is -0.432 e. The van der Waals surface area contributed by atoms with Crippen LogP contribution >= 0.6 is 0 Å². The molecule has 0 aromatic carbocycles. The predicted molar refractivity (Wildman–Crippen MR) is 89.6 cm³/mol.